The molecule has 0 atom stereocenters. The van der Waals surface area contributed by atoms with Crippen LogP contribution in [0, 0.1) is 18.6 Å². The van der Waals surface area contributed by atoms with Crippen LogP contribution in [0.3, 0.4) is 0 Å². The van der Waals surface area contributed by atoms with Gasteiger partial charge in [0.05, 0.1) is 11.4 Å². The number of aryl methyl sites for hydroxylation is 1. The molecule has 0 aromatic heterocycles. The number of sulfonamides is 1. The van der Waals surface area contributed by atoms with Crippen LogP contribution < -0.4 is 15.4 Å². The second-order valence-electron chi connectivity index (χ2n) is 5.84. The standard InChI is InChI=1S/C18H19F2N3O4S/c1-3-22-28(26,27)13-6-4-11(2)14(9-13)18(25)21-10-17(24)23-12-5-7-15(19)16(20)8-12/h4-9,22H,3,10H2,1-2H3,(H,21,25)(H,23,24). The molecule has 2 amide bonds. The molecule has 2 aromatic rings. The molecular formula is C18H19F2N3O4S. The van der Waals surface area contributed by atoms with Gasteiger partial charge in [0.15, 0.2) is 11.6 Å². The first kappa shape index (κ1) is 21.5. The lowest BCUT2D eigenvalue weighted by Gasteiger charge is -2.11. The van der Waals surface area contributed by atoms with Gasteiger partial charge in [-0.05, 0) is 36.8 Å². The Labute approximate surface area is 161 Å². The second-order valence-corrected chi connectivity index (χ2v) is 7.60. The van der Waals surface area contributed by atoms with Crippen molar-refractivity contribution >= 4 is 27.5 Å². The van der Waals surface area contributed by atoms with Gasteiger partial charge in [-0.2, -0.15) is 0 Å². The molecule has 0 aliphatic carbocycles. The number of nitrogens with one attached hydrogen (secondary N) is 3. The average molecular weight is 411 g/mol. The molecule has 0 spiro atoms. The van der Waals surface area contributed by atoms with Gasteiger partial charge in [0, 0.05) is 23.9 Å². The van der Waals surface area contributed by atoms with E-state index in [1.165, 1.54) is 24.3 Å². The van der Waals surface area contributed by atoms with Gasteiger partial charge in [-0.25, -0.2) is 21.9 Å². The lowest BCUT2D eigenvalue weighted by molar-refractivity contribution is -0.115. The fourth-order valence-electron chi connectivity index (χ4n) is 2.32. The molecule has 0 aliphatic heterocycles. The van der Waals surface area contributed by atoms with E-state index in [0.717, 1.165) is 12.1 Å². The molecule has 28 heavy (non-hydrogen) atoms. The Kier molecular flexibility index (Phi) is 6.81. The highest BCUT2D eigenvalue weighted by molar-refractivity contribution is 7.89. The van der Waals surface area contributed by atoms with Crippen LogP contribution in [-0.2, 0) is 14.8 Å². The summed E-state index contributed by atoms with van der Waals surface area (Å²) in [5.41, 5.74) is 0.654. The number of benzene rings is 2. The van der Waals surface area contributed by atoms with Crippen LogP contribution in [-0.4, -0.2) is 33.3 Å². The Morgan fingerprint density at radius 3 is 2.39 bits per heavy atom. The molecule has 0 aliphatic rings. The number of hydrogen-bond donors (Lipinski definition) is 3. The SMILES string of the molecule is CCNS(=O)(=O)c1ccc(C)c(C(=O)NCC(=O)Nc2ccc(F)c(F)c2)c1. The Bertz CT molecular complexity index is 1010. The van der Waals surface area contributed by atoms with Crippen molar-refractivity contribution in [1.29, 1.82) is 0 Å². The molecule has 10 heteroatoms. The summed E-state index contributed by atoms with van der Waals surface area (Å²) in [7, 11) is -3.74. The van der Waals surface area contributed by atoms with Crippen LogP contribution in [0.1, 0.15) is 22.8 Å². The fourth-order valence-corrected chi connectivity index (χ4v) is 3.39. The van der Waals surface area contributed by atoms with Crippen molar-refractivity contribution in [2.75, 3.05) is 18.4 Å². The van der Waals surface area contributed by atoms with Gasteiger partial charge in [0.25, 0.3) is 5.91 Å². The van der Waals surface area contributed by atoms with Gasteiger partial charge in [-0.3, -0.25) is 9.59 Å². The molecule has 150 valence electrons. The van der Waals surface area contributed by atoms with Crippen molar-refractivity contribution in [2.24, 2.45) is 0 Å². The Morgan fingerprint density at radius 1 is 1.04 bits per heavy atom. The summed E-state index contributed by atoms with van der Waals surface area (Å²) in [6, 6.07) is 6.94. The topological polar surface area (TPSA) is 104 Å². The molecule has 2 aromatic carbocycles. The normalized spacial score (nSPS) is 11.1. The third-order valence-electron chi connectivity index (χ3n) is 3.71. The van der Waals surface area contributed by atoms with E-state index in [1.54, 1.807) is 13.8 Å². The molecule has 0 radical (unpaired) electrons. The predicted octanol–water partition coefficient (Wildman–Crippen LogP) is 1.94. The van der Waals surface area contributed by atoms with Crippen LogP contribution >= 0.6 is 0 Å². The maximum absolute atomic E-state index is 13.1. The van der Waals surface area contributed by atoms with Crippen LogP contribution in [0.5, 0.6) is 0 Å². The molecule has 0 fully saturated rings. The van der Waals surface area contributed by atoms with Crippen molar-refractivity contribution in [1.82, 2.24) is 10.0 Å². The maximum atomic E-state index is 13.1. The van der Waals surface area contributed by atoms with Gasteiger partial charge in [0.2, 0.25) is 15.9 Å². The van der Waals surface area contributed by atoms with E-state index in [0.29, 0.717) is 5.56 Å². The summed E-state index contributed by atoms with van der Waals surface area (Å²) >= 11 is 0. The van der Waals surface area contributed by atoms with E-state index in [4.69, 9.17) is 0 Å². The first-order valence-electron chi connectivity index (χ1n) is 8.27. The van der Waals surface area contributed by atoms with Gasteiger partial charge in [0.1, 0.15) is 0 Å². The van der Waals surface area contributed by atoms with Crippen LogP contribution in [0.4, 0.5) is 14.5 Å². The lowest BCUT2D eigenvalue weighted by atomic mass is 10.1. The van der Waals surface area contributed by atoms with E-state index in [1.807, 2.05) is 0 Å². The molecule has 0 bridgehead atoms. The zero-order chi connectivity index (χ0) is 20.9. The lowest BCUT2D eigenvalue weighted by Crippen LogP contribution is -2.33. The van der Waals surface area contributed by atoms with E-state index in [2.05, 4.69) is 15.4 Å². The first-order valence-corrected chi connectivity index (χ1v) is 9.75. The molecule has 0 unspecified atom stereocenters. The molecule has 0 heterocycles. The zero-order valence-corrected chi connectivity index (χ0v) is 16.0. The monoisotopic (exact) mass is 411 g/mol. The third-order valence-corrected chi connectivity index (χ3v) is 5.25. The molecular weight excluding hydrogens is 392 g/mol. The largest absolute Gasteiger partial charge is 0.343 e. The molecule has 7 nitrogen and oxygen atoms in total. The zero-order valence-electron chi connectivity index (χ0n) is 15.2. The summed E-state index contributed by atoms with van der Waals surface area (Å²) < 4.78 is 52.5. The third kappa shape index (κ3) is 5.33. The fraction of sp³-hybridized carbons (Fsp3) is 0.222. The highest BCUT2D eigenvalue weighted by Crippen LogP contribution is 2.16. The summed E-state index contributed by atoms with van der Waals surface area (Å²) in [4.78, 5) is 24.2. The summed E-state index contributed by atoms with van der Waals surface area (Å²) in [6.45, 7) is 3.01. The summed E-state index contributed by atoms with van der Waals surface area (Å²) in [6.07, 6.45) is 0. The van der Waals surface area contributed by atoms with Crippen LogP contribution in [0.25, 0.3) is 0 Å². The highest BCUT2D eigenvalue weighted by Gasteiger charge is 2.18. The number of rotatable bonds is 7. The minimum atomic E-state index is -3.74. The van der Waals surface area contributed by atoms with Crippen molar-refractivity contribution in [3.05, 3.63) is 59.2 Å². The van der Waals surface area contributed by atoms with Crippen molar-refractivity contribution < 1.29 is 26.8 Å². The molecule has 0 saturated heterocycles. The number of carbonyl (C=O) groups excluding carboxylic acids is 2. The quantitative estimate of drug-likeness (QED) is 0.648. The minimum absolute atomic E-state index is 0.0352. The number of halogens is 2. The Hall–Kier alpha value is -2.85. The second kappa shape index (κ2) is 8.89. The number of amides is 2. The number of hydrogen-bond acceptors (Lipinski definition) is 4. The number of anilines is 1. The molecule has 0 saturated carbocycles. The van der Waals surface area contributed by atoms with Gasteiger partial charge in [-0.1, -0.05) is 13.0 Å². The Morgan fingerprint density at radius 2 is 1.75 bits per heavy atom. The van der Waals surface area contributed by atoms with E-state index >= 15 is 0 Å². The minimum Gasteiger partial charge on any atom is -0.343 e. The van der Waals surface area contributed by atoms with Crippen molar-refractivity contribution in [3.63, 3.8) is 0 Å². The maximum Gasteiger partial charge on any atom is 0.252 e. The average Bonchev–Trinajstić information content (AvgIpc) is 2.63. The van der Waals surface area contributed by atoms with E-state index in [-0.39, 0.29) is 22.7 Å². The molecule has 3 N–H and O–H groups in total. The smallest absolute Gasteiger partial charge is 0.252 e. The van der Waals surface area contributed by atoms with Crippen LogP contribution in [0.15, 0.2) is 41.3 Å². The van der Waals surface area contributed by atoms with E-state index in [9.17, 15) is 26.8 Å². The van der Waals surface area contributed by atoms with E-state index < -0.39 is 40.0 Å². The van der Waals surface area contributed by atoms with Gasteiger partial charge < -0.3 is 10.6 Å². The summed E-state index contributed by atoms with van der Waals surface area (Å²) in [5, 5.41) is 4.68. The summed E-state index contributed by atoms with van der Waals surface area (Å²) in [5.74, 6) is -3.47. The van der Waals surface area contributed by atoms with Crippen molar-refractivity contribution in [2.45, 2.75) is 18.7 Å². The van der Waals surface area contributed by atoms with Gasteiger partial charge >= 0.3 is 0 Å². The van der Waals surface area contributed by atoms with Gasteiger partial charge in [-0.15, -0.1) is 0 Å². The first-order chi connectivity index (χ1) is 13.1. The van der Waals surface area contributed by atoms with Crippen LogP contribution in [0.2, 0.25) is 0 Å². The predicted molar refractivity (Wildman–Crippen MR) is 99.4 cm³/mol. The van der Waals surface area contributed by atoms with Crippen molar-refractivity contribution in [3.8, 4) is 0 Å². The Balaban J connectivity index is 2.06. The molecule has 2 rings (SSSR count). The number of carbonyl (C=O) groups is 2. The highest BCUT2D eigenvalue weighted by atomic mass is 32.2.